The monoisotopic (exact) mass is 273 g/mol. The third-order valence-corrected chi connectivity index (χ3v) is 5.27. The molecule has 19 heavy (non-hydrogen) atoms. The fourth-order valence-electron chi connectivity index (χ4n) is 3.44. The lowest BCUT2D eigenvalue weighted by Gasteiger charge is -2.38. The van der Waals surface area contributed by atoms with Gasteiger partial charge in [-0.15, -0.1) is 11.3 Å². The van der Waals surface area contributed by atoms with Crippen LogP contribution in [0.3, 0.4) is 0 Å². The number of nitrogens with one attached hydrogen (secondary N) is 1. The molecule has 1 aromatic carbocycles. The van der Waals surface area contributed by atoms with E-state index in [0.717, 1.165) is 24.9 Å². The maximum Gasteiger partial charge on any atom is 0.157 e. The molecule has 1 aromatic heterocycles. The predicted molar refractivity (Wildman–Crippen MR) is 74.9 cm³/mol. The van der Waals surface area contributed by atoms with Crippen LogP contribution in [0.1, 0.15) is 33.9 Å². The van der Waals surface area contributed by atoms with Crippen LogP contribution in [0, 0.1) is 0 Å². The highest BCUT2D eigenvalue weighted by atomic mass is 32.1. The molecule has 2 aromatic rings. The lowest BCUT2D eigenvalue weighted by molar-refractivity contribution is 0.382. The predicted octanol–water partition coefficient (Wildman–Crippen LogP) is 2.71. The van der Waals surface area contributed by atoms with Gasteiger partial charge in [0.2, 0.25) is 0 Å². The molecule has 0 spiro atoms. The van der Waals surface area contributed by atoms with Gasteiger partial charge in [-0.2, -0.15) is 0 Å². The van der Waals surface area contributed by atoms with Crippen LogP contribution in [0.4, 0.5) is 0 Å². The Bertz CT molecular complexity index is 650. The fourth-order valence-corrected chi connectivity index (χ4v) is 4.31. The van der Waals surface area contributed by atoms with Gasteiger partial charge in [-0.05, 0) is 53.1 Å². The fraction of sp³-hybridized carbons (Fsp3) is 0.333. The van der Waals surface area contributed by atoms with Gasteiger partial charge in [0.05, 0.1) is 0 Å². The molecule has 3 N–H and O–H groups in total. The zero-order valence-electron chi connectivity index (χ0n) is 10.4. The highest BCUT2D eigenvalue weighted by Crippen LogP contribution is 2.45. The lowest BCUT2D eigenvalue weighted by atomic mass is 9.74. The molecular formula is C15H15NO2S. The first-order valence-electron chi connectivity index (χ1n) is 6.58. The smallest absolute Gasteiger partial charge is 0.157 e. The van der Waals surface area contributed by atoms with E-state index in [4.69, 9.17) is 0 Å². The van der Waals surface area contributed by atoms with E-state index in [2.05, 4.69) is 16.8 Å². The van der Waals surface area contributed by atoms with Gasteiger partial charge in [-0.25, -0.2) is 0 Å². The number of hydrogen-bond acceptors (Lipinski definition) is 4. The molecule has 3 nitrogen and oxygen atoms in total. The van der Waals surface area contributed by atoms with Crippen LogP contribution in [0.2, 0.25) is 0 Å². The minimum atomic E-state index is -0.0123. The Morgan fingerprint density at radius 2 is 2.00 bits per heavy atom. The molecule has 4 rings (SSSR count). The number of thiophene rings is 1. The summed E-state index contributed by atoms with van der Waals surface area (Å²) < 4.78 is 0. The summed E-state index contributed by atoms with van der Waals surface area (Å²) in [5.74, 6) is 0.290. The first-order valence-corrected chi connectivity index (χ1v) is 7.46. The van der Waals surface area contributed by atoms with Gasteiger partial charge in [0.15, 0.2) is 11.5 Å². The molecule has 4 heteroatoms. The van der Waals surface area contributed by atoms with Gasteiger partial charge >= 0.3 is 0 Å². The molecule has 0 unspecified atom stereocenters. The molecular weight excluding hydrogens is 258 g/mol. The summed E-state index contributed by atoms with van der Waals surface area (Å²) >= 11 is 1.79. The van der Waals surface area contributed by atoms with Gasteiger partial charge in [0.1, 0.15) is 0 Å². The normalized spacial score (nSPS) is 24.4. The molecule has 2 atom stereocenters. The summed E-state index contributed by atoms with van der Waals surface area (Å²) in [6.45, 7) is 0.952. The topological polar surface area (TPSA) is 52.5 Å². The zero-order chi connectivity index (χ0) is 13.0. The second-order valence-corrected chi connectivity index (χ2v) is 6.34. The zero-order valence-corrected chi connectivity index (χ0v) is 11.2. The van der Waals surface area contributed by atoms with Crippen LogP contribution >= 0.6 is 11.3 Å². The van der Waals surface area contributed by atoms with Crippen molar-refractivity contribution >= 4 is 11.3 Å². The van der Waals surface area contributed by atoms with Crippen molar-refractivity contribution in [2.45, 2.75) is 31.3 Å². The third-order valence-electron chi connectivity index (χ3n) is 4.34. The Kier molecular flexibility index (Phi) is 2.37. The van der Waals surface area contributed by atoms with E-state index in [1.165, 1.54) is 16.0 Å². The summed E-state index contributed by atoms with van der Waals surface area (Å²) in [6, 6.07) is 6.12. The highest BCUT2D eigenvalue weighted by Gasteiger charge is 2.35. The molecule has 1 aliphatic carbocycles. The van der Waals surface area contributed by atoms with Crippen LogP contribution in [0.25, 0.3) is 0 Å². The first kappa shape index (κ1) is 11.3. The summed E-state index contributed by atoms with van der Waals surface area (Å²) in [5.41, 5.74) is 3.72. The van der Waals surface area contributed by atoms with Crippen molar-refractivity contribution < 1.29 is 10.2 Å². The average molecular weight is 273 g/mol. The van der Waals surface area contributed by atoms with Crippen molar-refractivity contribution in [1.82, 2.24) is 5.32 Å². The van der Waals surface area contributed by atoms with E-state index in [-0.39, 0.29) is 11.5 Å². The van der Waals surface area contributed by atoms with Crippen LogP contribution in [0.5, 0.6) is 11.5 Å². The lowest BCUT2D eigenvalue weighted by Crippen LogP contribution is -2.41. The first-order chi connectivity index (χ1) is 9.24. The molecule has 0 amide bonds. The number of phenolic OH excluding ortho intramolecular Hbond substituents is 2. The summed E-state index contributed by atoms with van der Waals surface area (Å²) in [4.78, 5) is 1.39. The number of aromatic hydroxyl groups is 2. The Morgan fingerprint density at radius 3 is 2.89 bits per heavy atom. The summed E-state index contributed by atoms with van der Waals surface area (Å²) in [6.07, 6.45) is 2.04. The van der Waals surface area contributed by atoms with Gasteiger partial charge in [-0.3, -0.25) is 0 Å². The van der Waals surface area contributed by atoms with Crippen LogP contribution in [-0.2, 0) is 13.0 Å². The van der Waals surface area contributed by atoms with Crippen molar-refractivity contribution in [3.05, 3.63) is 45.1 Å². The number of phenols is 2. The van der Waals surface area contributed by atoms with Gasteiger partial charge in [0, 0.05) is 23.4 Å². The molecule has 1 aliphatic heterocycles. The Morgan fingerprint density at radius 1 is 1.16 bits per heavy atom. The molecule has 98 valence electrons. The third kappa shape index (κ3) is 1.60. The molecule has 0 bridgehead atoms. The average Bonchev–Trinajstić information content (AvgIpc) is 2.88. The van der Waals surface area contributed by atoms with Crippen molar-refractivity contribution in [1.29, 1.82) is 0 Å². The van der Waals surface area contributed by atoms with Crippen LogP contribution in [0.15, 0.2) is 23.6 Å². The molecule has 2 aliphatic rings. The van der Waals surface area contributed by atoms with Crippen LogP contribution in [-0.4, -0.2) is 16.3 Å². The number of hydrogen-bond donors (Lipinski definition) is 3. The van der Waals surface area contributed by atoms with Gasteiger partial charge in [-0.1, -0.05) is 0 Å². The Hall–Kier alpha value is -1.52. The van der Waals surface area contributed by atoms with E-state index in [9.17, 15) is 10.2 Å². The van der Waals surface area contributed by atoms with Crippen molar-refractivity contribution in [3.63, 3.8) is 0 Å². The highest BCUT2D eigenvalue weighted by molar-refractivity contribution is 7.10. The quantitative estimate of drug-likeness (QED) is 0.647. The number of aryl methyl sites for hydroxylation is 1. The summed E-state index contributed by atoms with van der Waals surface area (Å²) in [5, 5.41) is 25.2. The van der Waals surface area contributed by atoms with Crippen LogP contribution < -0.4 is 5.32 Å². The number of fused-ring (bicyclic) bond motifs is 5. The standard InChI is InChI=1S/C15H15NO2S/c17-12-5-8-1-2-11-15(10(8)6-13(12)18)9-3-4-19-14(9)7-16-11/h3-6,11,15-18H,1-2,7H2/t11-,15-/m1/s1. The minimum Gasteiger partial charge on any atom is -0.504 e. The number of benzene rings is 1. The van der Waals surface area contributed by atoms with E-state index < -0.39 is 0 Å². The van der Waals surface area contributed by atoms with E-state index in [1.807, 2.05) is 0 Å². The van der Waals surface area contributed by atoms with Crippen molar-refractivity contribution in [2.75, 3.05) is 0 Å². The van der Waals surface area contributed by atoms with E-state index in [0.29, 0.717) is 12.0 Å². The maximum atomic E-state index is 9.80. The molecule has 0 saturated heterocycles. The second-order valence-electron chi connectivity index (χ2n) is 5.34. The Balaban J connectivity index is 1.91. The van der Waals surface area contributed by atoms with E-state index in [1.54, 1.807) is 23.5 Å². The SMILES string of the molecule is Oc1cc2c(cc1O)[C@H]1c3ccsc3CN[C@@H]1CC2. The van der Waals surface area contributed by atoms with E-state index >= 15 is 0 Å². The maximum absolute atomic E-state index is 9.80. The molecule has 0 radical (unpaired) electrons. The van der Waals surface area contributed by atoms with Gasteiger partial charge in [0.25, 0.3) is 0 Å². The van der Waals surface area contributed by atoms with Crippen molar-refractivity contribution in [2.24, 2.45) is 0 Å². The minimum absolute atomic E-state index is 0.00786. The van der Waals surface area contributed by atoms with Gasteiger partial charge < -0.3 is 15.5 Å². The second kappa shape index (κ2) is 3.99. The Labute approximate surface area is 115 Å². The molecule has 2 heterocycles. The molecule has 0 saturated carbocycles. The van der Waals surface area contributed by atoms with Crippen molar-refractivity contribution in [3.8, 4) is 11.5 Å². The largest absolute Gasteiger partial charge is 0.504 e. The molecule has 0 fully saturated rings. The number of rotatable bonds is 0. The summed E-state index contributed by atoms with van der Waals surface area (Å²) in [7, 11) is 0.